The third-order valence-electron chi connectivity index (χ3n) is 3.53. The molecule has 2 heterocycles. The maximum Gasteiger partial charge on any atom is 0.188 e. The number of nitrogens with zero attached hydrogens (tertiary/aromatic N) is 2. The van der Waals surface area contributed by atoms with E-state index in [9.17, 15) is 0 Å². The van der Waals surface area contributed by atoms with Gasteiger partial charge in [-0.3, -0.25) is 5.10 Å². The van der Waals surface area contributed by atoms with E-state index in [2.05, 4.69) is 58.6 Å². The van der Waals surface area contributed by atoms with Crippen LogP contribution in [0.4, 0.5) is 5.69 Å². The second-order valence-corrected chi connectivity index (χ2v) is 6.92. The minimum Gasteiger partial charge on any atom is -0.382 e. The highest BCUT2D eigenvalue weighted by molar-refractivity contribution is 7.99. The molecule has 5 nitrogen and oxygen atoms in total. The van der Waals surface area contributed by atoms with Crippen molar-refractivity contribution < 1.29 is 4.74 Å². The summed E-state index contributed by atoms with van der Waals surface area (Å²) < 4.78 is 5.75. The Hall–Kier alpha value is -1.53. The van der Waals surface area contributed by atoms with E-state index in [0.29, 0.717) is 6.04 Å². The number of H-pyrrole nitrogens is 1. The second-order valence-electron chi connectivity index (χ2n) is 5.86. The average Bonchev–Trinajstić information content (AvgIpc) is 2.93. The van der Waals surface area contributed by atoms with Gasteiger partial charge in [0.2, 0.25) is 0 Å². The average molecular weight is 304 g/mol. The molecule has 112 valence electrons. The van der Waals surface area contributed by atoms with Crippen LogP contribution in [0.5, 0.6) is 0 Å². The van der Waals surface area contributed by atoms with Gasteiger partial charge >= 0.3 is 0 Å². The first-order chi connectivity index (χ1) is 10.1. The van der Waals surface area contributed by atoms with E-state index in [1.54, 1.807) is 11.8 Å². The van der Waals surface area contributed by atoms with E-state index >= 15 is 0 Å². The van der Waals surface area contributed by atoms with Gasteiger partial charge in [-0.1, -0.05) is 11.8 Å². The standard InChI is InChI=1S/C15H20N4OS/c1-15(2)9-12(7-8-20-15)18-11-3-5-13(6-4-11)21-14-16-10-17-19-14/h3-6,10,12,18H,7-9H2,1-2H3,(H,16,17,19). The predicted molar refractivity (Wildman–Crippen MR) is 83.6 cm³/mol. The van der Waals surface area contributed by atoms with Crippen LogP contribution in [-0.2, 0) is 4.74 Å². The lowest BCUT2D eigenvalue weighted by molar-refractivity contribution is -0.0553. The summed E-state index contributed by atoms with van der Waals surface area (Å²) in [6.07, 6.45) is 3.60. The summed E-state index contributed by atoms with van der Waals surface area (Å²) in [5.74, 6) is 0. The Balaban J connectivity index is 1.59. The SMILES string of the molecule is CC1(C)CC(Nc2ccc(Sc3ncn[nH]3)cc2)CCO1. The van der Waals surface area contributed by atoms with Crippen LogP contribution in [0.25, 0.3) is 0 Å². The van der Waals surface area contributed by atoms with E-state index < -0.39 is 0 Å². The Morgan fingerprint density at radius 2 is 2.14 bits per heavy atom. The Morgan fingerprint density at radius 3 is 2.81 bits per heavy atom. The molecular weight excluding hydrogens is 284 g/mol. The summed E-state index contributed by atoms with van der Waals surface area (Å²) in [7, 11) is 0. The van der Waals surface area contributed by atoms with Crippen LogP contribution in [0.2, 0.25) is 0 Å². The number of aromatic nitrogens is 3. The first-order valence-corrected chi connectivity index (χ1v) is 7.96. The number of aromatic amines is 1. The van der Waals surface area contributed by atoms with Crippen molar-refractivity contribution in [2.45, 2.75) is 48.4 Å². The molecule has 1 fully saturated rings. The third kappa shape index (κ3) is 3.98. The third-order valence-corrected chi connectivity index (χ3v) is 4.43. The molecule has 6 heteroatoms. The maximum absolute atomic E-state index is 5.75. The van der Waals surface area contributed by atoms with Crippen molar-refractivity contribution in [3.05, 3.63) is 30.6 Å². The first-order valence-electron chi connectivity index (χ1n) is 7.14. The van der Waals surface area contributed by atoms with Gasteiger partial charge in [-0.05, 0) is 51.0 Å². The predicted octanol–water partition coefficient (Wildman–Crippen LogP) is 3.33. The van der Waals surface area contributed by atoms with Crippen LogP contribution in [0.15, 0.2) is 40.6 Å². The fraction of sp³-hybridized carbons (Fsp3) is 0.467. The highest BCUT2D eigenvalue weighted by atomic mass is 32.2. The molecule has 2 N–H and O–H groups in total. The number of benzene rings is 1. The van der Waals surface area contributed by atoms with Crippen LogP contribution in [0, 0.1) is 0 Å². The quantitative estimate of drug-likeness (QED) is 0.907. The summed E-state index contributed by atoms with van der Waals surface area (Å²) >= 11 is 1.57. The zero-order valence-corrected chi connectivity index (χ0v) is 13.1. The van der Waals surface area contributed by atoms with Crippen molar-refractivity contribution in [3.63, 3.8) is 0 Å². The van der Waals surface area contributed by atoms with Crippen LogP contribution in [0.1, 0.15) is 26.7 Å². The fourth-order valence-electron chi connectivity index (χ4n) is 2.57. The Morgan fingerprint density at radius 1 is 1.33 bits per heavy atom. The van der Waals surface area contributed by atoms with E-state index in [-0.39, 0.29) is 5.60 Å². The molecule has 3 rings (SSSR count). The Kier molecular flexibility index (Phi) is 4.17. The molecular formula is C15H20N4OS. The number of hydrogen-bond acceptors (Lipinski definition) is 5. The molecule has 0 spiro atoms. The molecule has 1 unspecified atom stereocenters. The maximum atomic E-state index is 5.75. The molecule has 0 bridgehead atoms. The van der Waals surface area contributed by atoms with Gasteiger partial charge in [0.25, 0.3) is 0 Å². The molecule has 1 aromatic carbocycles. The van der Waals surface area contributed by atoms with Crippen LogP contribution >= 0.6 is 11.8 Å². The van der Waals surface area contributed by atoms with Gasteiger partial charge in [-0.25, -0.2) is 4.98 Å². The second kappa shape index (κ2) is 6.07. The van der Waals surface area contributed by atoms with Gasteiger partial charge in [-0.15, -0.1) is 0 Å². The van der Waals surface area contributed by atoms with E-state index in [4.69, 9.17) is 4.74 Å². The summed E-state index contributed by atoms with van der Waals surface area (Å²) in [5, 5.41) is 11.1. The van der Waals surface area contributed by atoms with Crippen LogP contribution < -0.4 is 5.32 Å². The molecule has 0 aliphatic carbocycles. The van der Waals surface area contributed by atoms with E-state index in [1.807, 2.05) is 0 Å². The van der Waals surface area contributed by atoms with Gasteiger partial charge in [0.05, 0.1) is 5.60 Å². The molecule has 1 atom stereocenters. The molecule has 0 amide bonds. The minimum absolute atomic E-state index is 0.0298. The molecule has 2 aromatic rings. The molecule has 1 aromatic heterocycles. The number of nitrogens with one attached hydrogen (secondary N) is 2. The lowest BCUT2D eigenvalue weighted by Gasteiger charge is -2.36. The molecule has 0 radical (unpaired) electrons. The van der Waals surface area contributed by atoms with E-state index in [1.165, 1.54) is 6.33 Å². The van der Waals surface area contributed by atoms with Crippen molar-refractivity contribution in [3.8, 4) is 0 Å². The van der Waals surface area contributed by atoms with Crippen LogP contribution in [-0.4, -0.2) is 33.4 Å². The van der Waals surface area contributed by atoms with Gasteiger partial charge < -0.3 is 10.1 Å². The van der Waals surface area contributed by atoms with Crippen molar-refractivity contribution in [1.82, 2.24) is 15.2 Å². The summed E-state index contributed by atoms with van der Waals surface area (Å²) in [4.78, 5) is 5.25. The smallest absolute Gasteiger partial charge is 0.188 e. The number of hydrogen-bond donors (Lipinski definition) is 2. The monoisotopic (exact) mass is 304 g/mol. The van der Waals surface area contributed by atoms with Crippen molar-refractivity contribution in [2.24, 2.45) is 0 Å². The molecule has 0 saturated carbocycles. The molecule has 1 aliphatic rings. The molecule has 1 saturated heterocycles. The highest BCUT2D eigenvalue weighted by Gasteiger charge is 2.28. The highest BCUT2D eigenvalue weighted by Crippen LogP contribution is 2.28. The van der Waals surface area contributed by atoms with Gasteiger partial charge in [-0.2, -0.15) is 5.10 Å². The Labute approximate surface area is 128 Å². The summed E-state index contributed by atoms with van der Waals surface area (Å²) in [5.41, 5.74) is 1.12. The minimum atomic E-state index is -0.0298. The summed E-state index contributed by atoms with van der Waals surface area (Å²) in [6, 6.07) is 8.89. The summed E-state index contributed by atoms with van der Waals surface area (Å²) in [6.45, 7) is 5.13. The lowest BCUT2D eigenvalue weighted by atomic mass is 9.94. The normalized spacial score (nSPS) is 21.1. The van der Waals surface area contributed by atoms with Gasteiger partial charge in [0, 0.05) is 23.2 Å². The number of ether oxygens (including phenoxy) is 1. The number of rotatable bonds is 4. The van der Waals surface area contributed by atoms with E-state index in [0.717, 1.165) is 35.2 Å². The lowest BCUT2D eigenvalue weighted by Crippen LogP contribution is -2.40. The first kappa shape index (κ1) is 14.4. The van der Waals surface area contributed by atoms with Gasteiger partial charge in [0.15, 0.2) is 5.16 Å². The van der Waals surface area contributed by atoms with Crippen molar-refractivity contribution in [2.75, 3.05) is 11.9 Å². The van der Waals surface area contributed by atoms with Crippen molar-refractivity contribution in [1.29, 1.82) is 0 Å². The molecule has 21 heavy (non-hydrogen) atoms. The molecule has 1 aliphatic heterocycles. The zero-order valence-electron chi connectivity index (χ0n) is 12.3. The Bertz CT molecular complexity index is 568. The largest absolute Gasteiger partial charge is 0.382 e. The number of anilines is 1. The van der Waals surface area contributed by atoms with Gasteiger partial charge in [0.1, 0.15) is 6.33 Å². The fourth-order valence-corrected chi connectivity index (χ4v) is 3.26. The van der Waals surface area contributed by atoms with Crippen molar-refractivity contribution >= 4 is 17.4 Å². The zero-order chi connectivity index (χ0) is 14.7. The topological polar surface area (TPSA) is 62.8 Å². The van der Waals surface area contributed by atoms with Crippen LogP contribution in [0.3, 0.4) is 0 Å².